The van der Waals surface area contributed by atoms with Crippen LogP contribution in [0.1, 0.15) is 40.2 Å². The van der Waals surface area contributed by atoms with Gasteiger partial charge in [0.05, 0.1) is 11.1 Å². The number of hydrogen-bond acceptors (Lipinski definition) is 2. The van der Waals surface area contributed by atoms with E-state index in [1.54, 1.807) is 12.1 Å². The van der Waals surface area contributed by atoms with Gasteiger partial charge in [-0.15, -0.1) is 0 Å². The highest BCUT2D eigenvalue weighted by Gasteiger charge is 2.39. The van der Waals surface area contributed by atoms with Crippen LogP contribution in [0.3, 0.4) is 0 Å². The normalized spacial score (nSPS) is 21.2. The van der Waals surface area contributed by atoms with Gasteiger partial charge in [0, 0.05) is 6.04 Å². The molecular formula is C30H24F3NO2. The van der Waals surface area contributed by atoms with Crippen LogP contribution in [0.5, 0.6) is 0 Å². The van der Waals surface area contributed by atoms with E-state index in [1.807, 2.05) is 18.2 Å². The second-order valence-corrected chi connectivity index (χ2v) is 9.91. The summed E-state index contributed by atoms with van der Waals surface area (Å²) in [5.41, 5.74) is 3.93. The number of rotatable bonds is 4. The van der Waals surface area contributed by atoms with Gasteiger partial charge in [-0.2, -0.15) is 13.2 Å². The van der Waals surface area contributed by atoms with E-state index in [4.69, 9.17) is 0 Å². The molecular weight excluding hydrogens is 463 g/mol. The lowest BCUT2D eigenvalue weighted by atomic mass is 9.86. The van der Waals surface area contributed by atoms with E-state index in [2.05, 4.69) is 29.6 Å². The van der Waals surface area contributed by atoms with E-state index >= 15 is 0 Å². The number of halogens is 3. The van der Waals surface area contributed by atoms with E-state index in [9.17, 15) is 23.1 Å². The number of carboxylic acids is 1. The fourth-order valence-electron chi connectivity index (χ4n) is 5.92. The monoisotopic (exact) mass is 487 g/mol. The van der Waals surface area contributed by atoms with Crippen LogP contribution < -0.4 is 5.32 Å². The first-order valence-corrected chi connectivity index (χ1v) is 12.1. The van der Waals surface area contributed by atoms with Crippen molar-refractivity contribution < 1.29 is 23.1 Å². The van der Waals surface area contributed by atoms with E-state index in [0.29, 0.717) is 23.4 Å². The Morgan fingerprint density at radius 3 is 2.14 bits per heavy atom. The summed E-state index contributed by atoms with van der Waals surface area (Å²) in [6.45, 7) is 1.07. The zero-order chi connectivity index (χ0) is 25.0. The molecule has 3 nitrogen and oxygen atoms in total. The van der Waals surface area contributed by atoms with Gasteiger partial charge in [0.2, 0.25) is 0 Å². The van der Waals surface area contributed by atoms with Gasteiger partial charge in [-0.25, -0.2) is 4.79 Å². The SMILES string of the molecule is O=C(O)c1cc(-c2ccc([C@@H]3C[C@@H]4C[C@H]3CN4)cc2)c2ccc(-c3ccc(C(F)(F)F)cc3)cc2c1. The molecule has 1 saturated carbocycles. The molecule has 1 aliphatic heterocycles. The number of aromatic carboxylic acids is 1. The minimum absolute atomic E-state index is 0.172. The maximum atomic E-state index is 12.9. The molecule has 3 atom stereocenters. The first-order valence-electron chi connectivity index (χ1n) is 12.1. The summed E-state index contributed by atoms with van der Waals surface area (Å²) < 4.78 is 38.8. The number of nitrogens with one attached hydrogen (secondary N) is 1. The molecule has 1 saturated heterocycles. The molecule has 0 unspecified atom stereocenters. The molecule has 1 heterocycles. The largest absolute Gasteiger partial charge is 0.478 e. The van der Waals surface area contributed by atoms with Gasteiger partial charge in [-0.1, -0.05) is 48.5 Å². The summed E-state index contributed by atoms with van der Waals surface area (Å²) in [4.78, 5) is 11.9. The van der Waals surface area contributed by atoms with Crippen LogP contribution in [-0.2, 0) is 6.18 Å². The number of carboxylic acid groups (broad SMARTS) is 1. The van der Waals surface area contributed by atoms with Crippen molar-refractivity contribution in [3.05, 3.63) is 95.6 Å². The van der Waals surface area contributed by atoms with Crippen LogP contribution in [-0.4, -0.2) is 23.7 Å². The van der Waals surface area contributed by atoms with E-state index in [1.165, 1.54) is 24.1 Å². The van der Waals surface area contributed by atoms with Crippen LogP contribution in [0.4, 0.5) is 13.2 Å². The maximum absolute atomic E-state index is 12.9. The van der Waals surface area contributed by atoms with Crippen molar-refractivity contribution in [2.24, 2.45) is 5.92 Å². The first kappa shape index (κ1) is 22.8. The highest BCUT2D eigenvalue weighted by Crippen LogP contribution is 2.44. The van der Waals surface area contributed by atoms with E-state index in [-0.39, 0.29) is 5.56 Å². The summed E-state index contributed by atoms with van der Waals surface area (Å²) in [7, 11) is 0. The highest BCUT2D eigenvalue weighted by molar-refractivity contribution is 6.04. The van der Waals surface area contributed by atoms with Crippen molar-refractivity contribution in [3.63, 3.8) is 0 Å². The molecule has 2 fully saturated rings. The van der Waals surface area contributed by atoms with Crippen LogP contribution in [0, 0.1) is 5.92 Å². The Balaban J connectivity index is 1.38. The molecule has 1 aliphatic carbocycles. The topological polar surface area (TPSA) is 49.3 Å². The summed E-state index contributed by atoms with van der Waals surface area (Å²) in [6, 6.07) is 23.0. The third-order valence-corrected chi connectivity index (χ3v) is 7.76. The highest BCUT2D eigenvalue weighted by atomic mass is 19.4. The Bertz CT molecular complexity index is 1460. The number of alkyl halides is 3. The molecule has 2 bridgehead atoms. The number of benzene rings is 4. The number of carbonyl (C=O) groups is 1. The Morgan fingerprint density at radius 2 is 1.53 bits per heavy atom. The molecule has 2 aliphatic rings. The number of hydrogen-bond donors (Lipinski definition) is 2. The predicted molar refractivity (Wildman–Crippen MR) is 134 cm³/mol. The molecule has 0 radical (unpaired) electrons. The molecule has 2 N–H and O–H groups in total. The van der Waals surface area contributed by atoms with Gasteiger partial charge in [0.15, 0.2) is 0 Å². The van der Waals surface area contributed by atoms with E-state index < -0.39 is 17.7 Å². The zero-order valence-corrected chi connectivity index (χ0v) is 19.3. The number of fused-ring (bicyclic) bond motifs is 3. The van der Waals surface area contributed by atoms with Crippen molar-refractivity contribution >= 4 is 16.7 Å². The third-order valence-electron chi connectivity index (χ3n) is 7.76. The molecule has 6 heteroatoms. The maximum Gasteiger partial charge on any atom is 0.416 e. The Labute approximate surface area is 206 Å². The fourth-order valence-corrected chi connectivity index (χ4v) is 5.92. The van der Waals surface area contributed by atoms with Gasteiger partial charge in [0.25, 0.3) is 0 Å². The van der Waals surface area contributed by atoms with Crippen LogP contribution in [0.2, 0.25) is 0 Å². The smallest absolute Gasteiger partial charge is 0.416 e. The van der Waals surface area contributed by atoms with Crippen molar-refractivity contribution in [2.45, 2.75) is 31.0 Å². The molecule has 0 spiro atoms. The molecule has 4 aromatic carbocycles. The second-order valence-electron chi connectivity index (χ2n) is 9.91. The van der Waals surface area contributed by atoms with Crippen LogP contribution in [0.25, 0.3) is 33.0 Å². The van der Waals surface area contributed by atoms with E-state index in [0.717, 1.165) is 52.6 Å². The molecule has 0 aromatic heterocycles. The molecule has 6 rings (SSSR count). The molecule has 4 aromatic rings. The van der Waals surface area contributed by atoms with Crippen molar-refractivity contribution in [2.75, 3.05) is 6.54 Å². The molecule has 0 amide bonds. The summed E-state index contributed by atoms with van der Waals surface area (Å²) >= 11 is 0. The van der Waals surface area contributed by atoms with Crippen molar-refractivity contribution in [1.82, 2.24) is 5.32 Å². The average molecular weight is 488 g/mol. The lowest BCUT2D eigenvalue weighted by Gasteiger charge is -2.23. The summed E-state index contributed by atoms with van der Waals surface area (Å²) in [5.74, 6) is 0.225. The van der Waals surface area contributed by atoms with Gasteiger partial charge >= 0.3 is 12.1 Å². The van der Waals surface area contributed by atoms with Crippen LogP contribution in [0.15, 0.2) is 78.9 Å². The Morgan fingerprint density at radius 1 is 0.833 bits per heavy atom. The minimum Gasteiger partial charge on any atom is -0.478 e. The minimum atomic E-state index is -4.39. The zero-order valence-electron chi connectivity index (χ0n) is 19.3. The summed E-state index contributed by atoms with van der Waals surface area (Å²) in [6.07, 6.45) is -2.00. The quantitative estimate of drug-likeness (QED) is 0.316. The summed E-state index contributed by atoms with van der Waals surface area (Å²) in [5, 5.41) is 14.9. The Hall–Kier alpha value is -3.64. The first-order chi connectivity index (χ1) is 17.3. The number of piperidine rings is 1. The second kappa shape index (κ2) is 8.49. The predicted octanol–water partition coefficient (Wildman–Crippen LogP) is 7.36. The van der Waals surface area contributed by atoms with Gasteiger partial charge in [-0.05, 0) is 100 Å². The standard InChI is InChI=1S/C30H24F3NO2/c31-30(32,33)24-8-5-17(6-9-24)20-7-10-26-21(11-20)12-22(29(35)36)14-28(26)19-3-1-18(2-4-19)27-15-25-13-23(27)16-34-25/h1-12,14,23,25,27,34H,13,15-16H2,(H,35,36)/t23-,25-,27-/m0/s1. The lowest BCUT2D eigenvalue weighted by Crippen LogP contribution is -2.28. The van der Waals surface area contributed by atoms with Gasteiger partial charge in [-0.3, -0.25) is 0 Å². The lowest BCUT2D eigenvalue weighted by molar-refractivity contribution is -0.137. The van der Waals surface area contributed by atoms with Gasteiger partial charge < -0.3 is 10.4 Å². The van der Waals surface area contributed by atoms with Crippen molar-refractivity contribution in [3.8, 4) is 22.3 Å². The van der Waals surface area contributed by atoms with Crippen LogP contribution >= 0.6 is 0 Å². The van der Waals surface area contributed by atoms with Crippen molar-refractivity contribution in [1.29, 1.82) is 0 Å². The van der Waals surface area contributed by atoms with Gasteiger partial charge in [0.1, 0.15) is 0 Å². The molecule has 182 valence electrons. The fraction of sp³-hybridized carbons (Fsp3) is 0.233. The third kappa shape index (κ3) is 4.05. The Kier molecular flexibility index (Phi) is 5.38. The molecule has 36 heavy (non-hydrogen) atoms. The average Bonchev–Trinajstić information content (AvgIpc) is 3.51.